The predicted octanol–water partition coefficient (Wildman–Crippen LogP) is 5.06. The lowest BCUT2D eigenvalue weighted by atomic mass is 9.49. The number of aromatic nitrogens is 1. The van der Waals surface area contributed by atoms with Crippen LogP contribution in [0.2, 0.25) is 0 Å². The number of anilines is 1. The average molecular weight is 468 g/mol. The van der Waals surface area contributed by atoms with Crippen molar-refractivity contribution < 1.29 is 14.4 Å². The zero-order valence-electron chi connectivity index (χ0n) is 17.7. The van der Waals surface area contributed by atoms with Crippen molar-refractivity contribution in [2.24, 2.45) is 17.8 Å². The number of hydrogen-bond donors (Lipinski definition) is 1. The van der Waals surface area contributed by atoms with Gasteiger partial charge in [-0.1, -0.05) is 23.9 Å². The van der Waals surface area contributed by atoms with Crippen molar-refractivity contribution in [3.8, 4) is 0 Å². The molecule has 8 heteroatoms. The summed E-state index contributed by atoms with van der Waals surface area (Å²) in [7, 11) is 0. The van der Waals surface area contributed by atoms with Crippen LogP contribution in [0.25, 0.3) is 0 Å². The van der Waals surface area contributed by atoms with Gasteiger partial charge in [-0.3, -0.25) is 24.6 Å². The van der Waals surface area contributed by atoms with Gasteiger partial charge in [0.1, 0.15) is 0 Å². The zero-order valence-corrected chi connectivity index (χ0v) is 19.3. The minimum absolute atomic E-state index is 0.185. The first kappa shape index (κ1) is 20.4. The molecular formula is C24H25N3O3S2. The maximum Gasteiger partial charge on any atom is 0.289 e. The molecule has 6 nitrogen and oxygen atoms in total. The van der Waals surface area contributed by atoms with E-state index in [1.165, 1.54) is 60.5 Å². The minimum Gasteiger partial charge on any atom is -0.298 e. The van der Waals surface area contributed by atoms with E-state index in [0.29, 0.717) is 10.7 Å². The van der Waals surface area contributed by atoms with Crippen LogP contribution in [-0.4, -0.2) is 32.7 Å². The molecule has 3 amide bonds. The van der Waals surface area contributed by atoms with Gasteiger partial charge in [0.15, 0.2) is 5.13 Å². The molecule has 1 aromatic heterocycles. The molecule has 5 fully saturated rings. The quantitative estimate of drug-likeness (QED) is 0.665. The number of hydrogen-bond acceptors (Lipinski definition) is 6. The van der Waals surface area contributed by atoms with Crippen LogP contribution in [-0.2, 0) is 16.8 Å². The van der Waals surface area contributed by atoms with Crippen LogP contribution in [0, 0.1) is 17.8 Å². The number of benzene rings is 1. The molecule has 0 spiro atoms. The first-order chi connectivity index (χ1) is 15.5. The van der Waals surface area contributed by atoms with E-state index in [1.54, 1.807) is 18.2 Å². The van der Waals surface area contributed by atoms with Gasteiger partial charge in [-0.05, 0) is 74.0 Å². The molecule has 2 aromatic rings. The normalized spacial score (nSPS) is 30.9. The van der Waals surface area contributed by atoms with Gasteiger partial charge in [0.25, 0.3) is 11.1 Å². The third-order valence-electron chi connectivity index (χ3n) is 7.68. The number of imide groups is 1. The van der Waals surface area contributed by atoms with Crippen LogP contribution >= 0.6 is 23.1 Å². The number of nitrogens with zero attached hydrogens (tertiary/aromatic N) is 2. The monoisotopic (exact) mass is 467 g/mol. The number of nitrogens with one attached hydrogen (secondary N) is 1. The first-order valence-corrected chi connectivity index (χ1v) is 13.2. The van der Waals surface area contributed by atoms with Crippen molar-refractivity contribution >= 4 is 45.3 Å². The van der Waals surface area contributed by atoms with Gasteiger partial charge in [0.05, 0.1) is 18.0 Å². The van der Waals surface area contributed by atoms with Crippen molar-refractivity contribution in [3.63, 3.8) is 0 Å². The second-order valence-corrected chi connectivity index (χ2v) is 11.7. The van der Waals surface area contributed by atoms with Crippen LogP contribution in [0.3, 0.4) is 0 Å². The number of thioether (sulfide) groups is 1. The summed E-state index contributed by atoms with van der Waals surface area (Å²) < 4.78 is 0. The van der Waals surface area contributed by atoms with Crippen LogP contribution in [0.15, 0.2) is 29.6 Å². The van der Waals surface area contributed by atoms with Gasteiger partial charge in [-0.2, -0.15) is 0 Å². The van der Waals surface area contributed by atoms with Gasteiger partial charge < -0.3 is 0 Å². The Bertz CT molecular complexity index is 1060. The van der Waals surface area contributed by atoms with Crippen LogP contribution in [0.5, 0.6) is 0 Å². The predicted molar refractivity (Wildman–Crippen MR) is 125 cm³/mol. The lowest BCUT2D eigenvalue weighted by Gasteiger charge is -2.56. The molecule has 4 saturated carbocycles. The van der Waals surface area contributed by atoms with Gasteiger partial charge in [-0.15, -0.1) is 11.3 Å². The number of carbonyl (C=O) groups excluding carboxylic acids is 3. The van der Waals surface area contributed by atoms with Crippen molar-refractivity contribution in [1.82, 2.24) is 9.88 Å². The molecule has 2 heterocycles. The Labute approximate surface area is 195 Å². The molecule has 7 rings (SSSR count). The van der Waals surface area contributed by atoms with Crippen molar-refractivity contribution in [1.29, 1.82) is 0 Å². The molecule has 1 aromatic carbocycles. The summed E-state index contributed by atoms with van der Waals surface area (Å²) in [6, 6.07) is 7.10. The summed E-state index contributed by atoms with van der Waals surface area (Å²) in [5.41, 5.74) is 2.66. The molecule has 166 valence electrons. The van der Waals surface area contributed by atoms with Crippen LogP contribution < -0.4 is 5.32 Å². The summed E-state index contributed by atoms with van der Waals surface area (Å²) in [5.74, 6) is 2.36. The molecule has 1 saturated heterocycles. The third kappa shape index (κ3) is 3.57. The van der Waals surface area contributed by atoms with E-state index in [9.17, 15) is 14.4 Å². The largest absolute Gasteiger partial charge is 0.298 e. The van der Waals surface area contributed by atoms with Crippen molar-refractivity contribution in [3.05, 3.63) is 46.5 Å². The highest BCUT2D eigenvalue weighted by Crippen LogP contribution is 2.60. The molecule has 32 heavy (non-hydrogen) atoms. The van der Waals surface area contributed by atoms with Crippen molar-refractivity contribution in [2.75, 3.05) is 11.1 Å². The molecule has 4 bridgehead atoms. The lowest BCUT2D eigenvalue weighted by Crippen LogP contribution is -2.48. The van der Waals surface area contributed by atoms with E-state index in [0.717, 1.165) is 35.1 Å². The molecule has 5 aliphatic rings. The third-order valence-corrected chi connectivity index (χ3v) is 9.29. The summed E-state index contributed by atoms with van der Waals surface area (Å²) in [6.07, 6.45) is 7.96. The summed E-state index contributed by atoms with van der Waals surface area (Å²) in [6.45, 7) is 0.194. The SMILES string of the molecule is O=C(Nc1nc(C23CC4CC(CC(C4)C2)C3)cs1)c1cccc(CN2C(=O)CSC2=O)c1. The summed E-state index contributed by atoms with van der Waals surface area (Å²) in [5, 5.41) is 5.53. The van der Waals surface area contributed by atoms with Gasteiger partial charge in [-0.25, -0.2) is 4.98 Å². The van der Waals surface area contributed by atoms with Crippen molar-refractivity contribution in [2.45, 2.75) is 50.5 Å². The van der Waals surface area contributed by atoms with E-state index in [2.05, 4.69) is 10.7 Å². The highest BCUT2D eigenvalue weighted by molar-refractivity contribution is 8.14. The van der Waals surface area contributed by atoms with E-state index < -0.39 is 0 Å². The Balaban J connectivity index is 1.16. The van der Waals surface area contributed by atoms with Crippen LogP contribution in [0.1, 0.15) is 60.1 Å². The Kier molecular flexibility index (Phi) is 4.91. The maximum atomic E-state index is 12.9. The standard InChI is InChI=1S/C24H25N3O3S2/c28-20-13-32-23(30)27(20)11-14-2-1-3-18(7-14)21(29)26-22-25-19(12-31-22)24-8-15-4-16(9-24)6-17(5-15)10-24/h1-3,7,12,15-17H,4-6,8-11,13H2,(H,25,26,29). The number of carbonyl (C=O) groups is 3. The van der Waals surface area contributed by atoms with E-state index in [1.807, 2.05) is 6.07 Å². The fraction of sp³-hybridized carbons (Fsp3) is 0.500. The van der Waals surface area contributed by atoms with E-state index in [4.69, 9.17) is 4.98 Å². The highest BCUT2D eigenvalue weighted by atomic mass is 32.2. The first-order valence-electron chi connectivity index (χ1n) is 11.3. The second kappa shape index (κ2) is 7.70. The zero-order chi connectivity index (χ0) is 21.9. The van der Waals surface area contributed by atoms with Gasteiger partial charge in [0, 0.05) is 16.4 Å². The van der Waals surface area contributed by atoms with E-state index in [-0.39, 0.29) is 34.8 Å². The van der Waals surface area contributed by atoms with Gasteiger partial charge in [0.2, 0.25) is 5.91 Å². The Morgan fingerprint density at radius 3 is 2.50 bits per heavy atom. The highest BCUT2D eigenvalue weighted by Gasteiger charge is 2.52. The fourth-order valence-corrected chi connectivity index (χ4v) is 8.25. The fourth-order valence-electron chi connectivity index (χ4n) is 6.70. The molecule has 0 unspecified atom stereocenters. The van der Waals surface area contributed by atoms with Gasteiger partial charge >= 0.3 is 0 Å². The molecule has 1 N–H and O–H groups in total. The molecule has 1 aliphatic heterocycles. The summed E-state index contributed by atoms with van der Waals surface area (Å²) >= 11 is 2.53. The Morgan fingerprint density at radius 1 is 1.12 bits per heavy atom. The summed E-state index contributed by atoms with van der Waals surface area (Å²) in [4.78, 5) is 42.7. The average Bonchev–Trinajstić information content (AvgIpc) is 3.36. The molecule has 0 radical (unpaired) electrons. The van der Waals surface area contributed by atoms with E-state index >= 15 is 0 Å². The molecule has 4 aliphatic carbocycles. The topological polar surface area (TPSA) is 79.4 Å². The van der Waals surface area contributed by atoms with Crippen LogP contribution in [0.4, 0.5) is 9.93 Å². The minimum atomic E-state index is -0.232. The Hall–Kier alpha value is -2.19. The molecule has 0 atom stereocenters. The maximum absolute atomic E-state index is 12.9. The lowest BCUT2D eigenvalue weighted by molar-refractivity contribution is -0.125. The number of rotatable bonds is 5. The number of thiazole rings is 1. The second-order valence-electron chi connectivity index (χ2n) is 9.92. The molecular weight excluding hydrogens is 442 g/mol. The smallest absolute Gasteiger partial charge is 0.289 e. The Morgan fingerprint density at radius 2 is 1.84 bits per heavy atom. The number of amides is 3.